The average Bonchev–Trinajstić information content (AvgIpc) is 2.84. The van der Waals surface area contributed by atoms with E-state index >= 15 is 0 Å². The van der Waals surface area contributed by atoms with E-state index in [-0.39, 0.29) is 24.6 Å². The second-order valence-corrected chi connectivity index (χ2v) is 8.28. The summed E-state index contributed by atoms with van der Waals surface area (Å²) in [7, 11) is 1.11. The monoisotopic (exact) mass is 520 g/mol. The first-order chi connectivity index (χ1) is 17.5. The second kappa shape index (κ2) is 15.6. The highest BCUT2D eigenvalue weighted by molar-refractivity contribution is 5.95. The van der Waals surface area contributed by atoms with Gasteiger partial charge < -0.3 is 43.0 Å². The van der Waals surface area contributed by atoms with Gasteiger partial charge in [0.25, 0.3) is 0 Å². The van der Waals surface area contributed by atoms with Crippen molar-refractivity contribution in [1.82, 2.24) is 16.0 Å². The van der Waals surface area contributed by atoms with Gasteiger partial charge in [0.05, 0.1) is 13.7 Å². The number of hydrogen-bond donors (Lipinski definition) is 8. The number of ether oxygens (including phenoxy) is 1. The summed E-state index contributed by atoms with van der Waals surface area (Å²) >= 11 is 0. The molecule has 1 aromatic rings. The number of hydrogen-bond acceptors (Lipinski definition) is 7. The molecule has 14 heteroatoms. The molecule has 1 atom stereocenters. The van der Waals surface area contributed by atoms with Gasteiger partial charge in [-0.3, -0.25) is 24.8 Å². The third-order valence-electron chi connectivity index (χ3n) is 5.33. The molecule has 204 valence electrons. The first-order valence-corrected chi connectivity index (χ1v) is 11.6. The van der Waals surface area contributed by atoms with Crippen LogP contribution in [0, 0.1) is 5.41 Å². The van der Waals surface area contributed by atoms with Gasteiger partial charge in [-0.1, -0.05) is 18.2 Å². The van der Waals surface area contributed by atoms with Crippen LogP contribution >= 0.6 is 0 Å². The number of amidine groups is 1. The number of nitrogens with zero attached hydrogens (tertiary/aromatic N) is 1. The third kappa shape index (κ3) is 11.7. The minimum atomic E-state index is -1.76. The Morgan fingerprint density at radius 3 is 2.46 bits per heavy atom. The van der Waals surface area contributed by atoms with Gasteiger partial charge in [-0.05, 0) is 37.3 Å². The molecular weight excluding hydrogens is 484 g/mol. The predicted octanol–water partition coefficient (Wildman–Crippen LogP) is -0.851. The van der Waals surface area contributed by atoms with Crippen molar-refractivity contribution in [3.8, 4) is 0 Å². The number of aliphatic imine (C=N–C) groups is 1. The molecule has 1 rings (SSSR count). The lowest BCUT2D eigenvalue weighted by atomic mass is 9.84. The number of unbranched alkanes of at least 4 members (excludes halogenated alkanes) is 2. The van der Waals surface area contributed by atoms with E-state index in [0.717, 1.165) is 20.0 Å². The van der Waals surface area contributed by atoms with Crippen LogP contribution in [0.4, 0.5) is 4.79 Å². The van der Waals surface area contributed by atoms with Gasteiger partial charge in [0.1, 0.15) is 11.4 Å². The number of rotatable bonds is 16. The fourth-order valence-corrected chi connectivity index (χ4v) is 3.45. The molecule has 0 bridgehead atoms. The molecule has 0 heterocycles. The van der Waals surface area contributed by atoms with Gasteiger partial charge in [-0.15, -0.1) is 0 Å². The topological polar surface area (TPSA) is 248 Å². The quantitative estimate of drug-likeness (QED) is 0.0766. The maximum atomic E-state index is 13.3. The van der Waals surface area contributed by atoms with Crippen LogP contribution in [0.2, 0.25) is 0 Å². The molecule has 11 N–H and O–H groups in total. The van der Waals surface area contributed by atoms with Crippen molar-refractivity contribution >= 4 is 35.7 Å². The molecule has 0 saturated heterocycles. The Kier molecular flexibility index (Phi) is 12.9. The fourth-order valence-electron chi connectivity index (χ4n) is 3.45. The molecule has 14 nitrogen and oxygen atoms in total. The fraction of sp³-hybridized carbons (Fsp3) is 0.478. The van der Waals surface area contributed by atoms with Crippen LogP contribution in [-0.2, 0) is 25.5 Å². The van der Waals surface area contributed by atoms with E-state index in [1.54, 1.807) is 24.3 Å². The van der Waals surface area contributed by atoms with E-state index < -0.39 is 42.4 Å². The number of nitrogens with two attached hydrogens (primary N) is 3. The molecule has 37 heavy (non-hydrogen) atoms. The normalized spacial score (nSPS) is 11.9. The van der Waals surface area contributed by atoms with Gasteiger partial charge in [0.2, 0.25) is 11.8 Å². The molecule has 0 radical (unpaired) electrons. The lowest BCUT2D eigenvalue weighted by molar-refractivity contribution is -0.138. The highest BCUT2D eigenvalue weighted by atomic mass is 16.5. The van der Waals surface area contributed by atoms with Crippen molar-refractivity contribution in [2.24, 2.45) is 22.2 Å². The van der Waals surface area contributed by atoms with Crippen LogP contribution < -0.4 is 33.2 Å². The lowest BCUT2D eigenvalue weighted by Crippen LogP contribution is -2.61. The predicted molar refractivity (Wildman–Crippen MR) is 137 cm³/mol. The zero-order valence-electron chi connectivity index (χ0n) is 20.8. The summed E-state index contributed by atoms with van der Waals surface area (Å²) in [5.41, 5.74) is 15.2. The van der Waals surface area contributed by atoms with Crippen molar-refractivity contribution in [3.05, 3.63) is 35.4 Å². The zero-order valence-corrected chi connectivity index (χ0v) is 20.8. The standard InChI is InChI=1S/C23H36N8O6/c1-37-22(36)31-23(9-8-18(33)34,13-15-6-5-7-16(12-15)19(24)25)20(35)30-14-17(32)28-10-3-2-4-11-29-21(26)27/h5-7,12H,2-4,8-11,13-14H2,1H3,(H3,24,25)(H,28,32)(H,30,35)(H,31,36)(H,33,34)(H4,26,27,29)/t23-/m1/s1. The van der Waals surface area contributed by atoms with Crippen LogP contribution in [0.3, 0.4) is 0 Å². The molecular formula is C23H36N8O6. The van der Waals surface area contributed by atoms with E-state index in [0.29, 0.717) is 30.6 Å². The summed E-state index contributed by atoms with van der Waals surface area (Å²) in [6, 6.07) is 6.43. The van der Waals surface area contributed by atoms with Gasteiger partial charge >= 0.3 is 12.1 Å². The summed E-state index contributed by atoms with van der Waals surface area (Å²) in [6.45, 7) is 0.476. The largest absolute Gasteiger partial charge is 0.481 e. The molecule has 0 spiro atoms. The number of methoxy groups -OCH3 is 1. The Morgan fingerprint density at radius 2 is 1.84 bits per heavy atom. The number of guanidine groups is 1. The van der Waals surface area contributed by atoms with Gasteiger partial charge in [0.15, 0.2) is 5.96 Å². The molecule has 3 amide bonds. The van der Waals surface area contributed by atoms with Gasteiger partial charge in [0, 0.05) is 31.5 Å². The van der Waals surface area contributed by atoms with Gasteiger partial charge in [-0.25, -0.2) is 4.79 Å². The Labute approximate surface area is 214 Å². The number of nitrogens with one attached hydrogen (secondary N) is 4. The van der Waals surface area contributed by atoms with E-state index in [9.17, 15) is 24.3 Å². The number of benzene rings is 1. The minimum Gasteiger partial charge on any atom is -0.481 e. The van der Waals surface area contributed by atoms with Crippen molar-refractivity contribution < 1.29 is 29.0 Å². The lowest BCUT2D eigenvalue weighted by Gasteiger charge is -2.33. The molecule has 0 aliphatic rings. The summed E-state index contributed by atoms with van der Waals surface area (Å²) in [5, 5.41) is 24.5. The van der Waals surface area contributed by atoms with Crippen LogP contribution in [0.15, 0.2) is 29.3 Å². The first kappa shape index (κ1) is 30.7. The van der Waals surface area contributed by atoms with Crippen LogP contribution in [0.1, 0.15) is 43.2 Å². The van der Waals surface area contributed by atoms with E-state index in [1.807, 2.05) is 0 Å². The van der Waals surface area contributed by atoms with E-state index in [2.05, 4.69) is 25.7 Å². The Bertz CT molecular complexity index is 995. The SMILES string of the molecule is COC(=O)N[C@](CCC(=O)O)(Cc1cccc(C(=N)N)c1)C(=O)NCC(=O)NCCCCCN=C(N)N. The molecule has 1 aromatic carbocycles. The summed E-state index contributed by atoms with van der Waals surface area (Å²) in [5.74, 6) is -2.58. The average molecular weight is 521 g/mol. The van der Waals surface area contributed by atoms with E-state index in [1.165, 1.54) is 0 Å². The number of alkyl carbamates (subject to hydrolysis) is 1. The maximum absolute atomic E-state index is 13.3. The second-order valence-electron chi connectivity index (χ2n) is 8.28. The van der Waals surface area contributed by atoms with Crippen molar-refractivity contribution in [3.63, 3.8) is 0 Å². The molecule has 0 unspecified atom stereocenters. The number of carbonyl (C=O) groups is 4. The van der Waals surface area contributed by atoms with Gasteiger partial charge in [-0.2, -0.15) is 0 Å². The van der Waals surface area contributed by atoms with E-state index in [4.69, 9.17) is 22.6 Å². The number of amides is 3. The van der Waals surface area contributed by atoms with Crippen LogP contribution in [0.5, 0.6) is 0 Å². The number of carbonyl (C=O) groups excluding carboxylic acids is 3. The molecule has 0 aromatic heterocycles. The highest BCUT2D eigenvalue weighted by Crippen LogP contribution is 2.22. The Balaban J connectivity index is 2.92. The zero-order chi connectivity index (χ0) is 27.8. The molecule has 0 aliphatic carbocycles. The molecule has 0 saturated carbocycles. The van der Waals surface area contributed by atoms with Crippen LogP contribution in [-0.4, -0.2) is 73.1 Å². The number of carboxylic acids is 1. The first-order valence-electron chi connectivity index (χ1n) is 11.6. The number of carboxylic acid groups (broad SMARTS) is 1. The van der Waals surface area contributed by atoms with Crippen LogP contribution in [0.25, 0.3) is 0 Å². The summed E-state index contributed by atoms with van der Waals surface area (Å²) in [6.07, 6.45) is 0.387. The van der Waals surface area contributed by atoms with Crippen molar-refractivity contribution in [2.75, 3.05) is 26.7 Å². The Morgan fingerprint density at radius 1 is 1.11 bits per heavy atom. The Hall–Kier alpha value is -4.36. The number of aliphatic carboxylic acids is 1. The highest BCUT2D eigenvalue weighted by Gasteiger charge is 2.41. The molecule has 0 fully saturated rings. The summed E-state index contributed by atoms with van der Waals surface area (Å²) < 4.78 is 4.66. The third-order valence-corrected chi connectivity index (χ3v) is 5.33. The molecule has 0 aliphatic heterocycles. The number of nitrogen functional groups attached to an aromatic ring is 1. The van der Waals surface area contributed by atoms with Crippen molar-refractivity contribution in [1.29, 1.82) is 5.41 Å². The smallest absolute Gasteiger partial charge is 0.407 e. The van der Waals surface area contributed by atoms with Crippen molar-refractivity contribution in [2.45, 2.75) is 44.1 Å². The minimum absolute atomic E-state index is 0.0247. The summed E-state index contributed by atoms with van der Waals surface area (Å²) in [4.78, 5) is 52.9. The maximum Gasteiger partial charge on any atom is 0.407 e.